The first-order valence-corrected chi connectivity index (χ1v) is 9.07. The molecule has 0 aromatic heterocycles. The molecule has 24 heavy (non-hydrogen) atoms. The van der Waals surface area contributed by atoms with Crippen molar-refractivity contribution in [1.82, 2.24) is 10.2 Å². The van der Waals surface area contributed by atoms with Crippen LogP contribution in [0.1, 0.15) is 31.2 Å². The third kappa shape index (κ3) is 1.72. The predicted molar refractivity (Wildman–Crippen MR) is 93.6 cm³/mol. The summed E-state index contributed by atoms with van der Waals surface area (Å²) in [4.78, 5) is 30.5. The number of benzene rings is 1. The van der Waals surface area contributed by atoms with Crippen LogP contribution in [0.4, 0.5) is 5.69 Å². The fourth-order valence-corrected chi connectivity index (χ4v) is 5.04. The maximum atomic E-state index is 13.5. The van der Waals surface area contributed by atoms with Crippen molar-refractivity contribution in [3.63, 3.8) is 0 Å². The van der Waals surface area contributed by atoms with E-state index in [0.717, 1.165) is 37.8 Å². The number of carbonyl (C=O) groups excluding carboxylic acids is 2. The number of thiocarbonyl (C=S) groups is 1. The number of nitrogens with one attached hydrogen (secondary N) is 1. The van der Waals surface area contributed by atoms with Gasteiger partial charge in [-0.25, -0.2) is 0 Å². The average Bonchev–Trinajstić information content (AvgIpc) is 3.27. The molecule has 1 aromatic carbocycles. The van der Waals surface area contributed by atoms with Gasteiger partial charge in [0.25, 0.3) is 0 Å². The van der Waals surface area contributed by atoms with Gasteiger partial charge in [-0.15, -0.1) is 0 Å². The van der Waals surface area contributed by atoms with Gasteiger partial charge in [-0.2, -0.15) is 0 Å². The van der Waals surface area contributed by atoms with Crippen molar-refractivity contribution in [1.29, 1.82) is 0 Å². The Morgan fingerprint density at radius 2 is 1.96 bits per heavy atom. The number of fused-ring (bicyclic) bond motifs is 4. The minimum Gasteiger partial charge on any atom is -0.367 e. The van der Waals surface area contributed by atoms with Gasteiger partial charge in [-0.3, -0.25) is 14.5 Å². The quantitative estimate of drug-likeness (QED) is 0.623. The van der Waals surface area contributed by atoms with Gasteiger partial charge in [0.1, 0.15) is 0 Å². The van der Waals surface area contributed by atoms with Crippen molar-refractivity contribution in [2.45, 2.75) is 44.2 Å². The van der Waals surface area contributed by atoms with Crippen LogP contribution in [0.25, 0.3) is 0 Å². The van der Waals surface area contributed by atoms with E-state index in [9.17, 15) is 9.59 Å². The third-order valence-electron chi connectivity index (χ3n) is 5.95. The zero-order chi connectivity index (χ0) is 16.5. The molecule has 0 bridgehead atoms. The van der Waals surface area contributed by atoms with Gasteiger partial charge in [-0.1, -0.05) is 18.2 Å². The van der Waals surface area contributed by atoms with Crippen LogP contribution < -0.4 is 10.2 Å². The monoisotopic (exact) mass is 341 g/mol. The highest BCUT2D eigenvalue weighted by atomic mass is 32.1. The van der Waals surface area contributed by atoms with Crippen molar-refractivity contribution in [2.24, 2.45) is 5.41 Å². The highest BCUT2D eigenvalue weighted by Crippen LogP contribution is 2.49. The number of amides is 2. The van der Waals surface area contributed by atoms with Gasteiger partial charge < -0.3 is 10.2 Å². The molecule has 1 spiro atoms. The van der Waals surface area contributed by atoms with Crippen molar-refractivity contribution in [2.75, 3.05) is 11.4 Å². The van der Waals surface area contributed by atoms with Crippen molar-refractivity contribution in [3.05, 3.63) is 29.8 Å². The summed E-state index contributed by atoms with van der Waals surface area (Å²) in [7, 11) is 0. The van der Waals surface area contributed by atoms with E-state index >= 15 is 0 Å². The molecule has 1 N–H and O–H groups in total. The van der Waals surface area contributed by atoms with E-state index in [1.807, 2.05) is 18.2 Å². The van der Waals surface area contributed by atoms with Gasteiger partial charge >= 0.3 is 0 Å². The van der Waals surface area contributed by atoms with Crippen molar-refractivity contribution >= 4 is 34.8 Å². The topological polar surface area (TPSA) is 52.7 Å². The molecule has 0 radical (unpaired) electrons. The number of anilines is 1. The van der Waals surface area contributed by atoms with Gasteiger partial charge in [0, 0.05) is 18.3 Å². The van der Waals surface area contributed by atoms with Gasteiger partial charge in [0.05, 0.1) is 6.04 Å². The second kappa shape index (κ2) is 4.79. The molecule has 6 heteroatoms. The summed E-state index contributed by atoms with van der Waals surface area (Å²) in [6, 6.07) is 8.27. The molecule has 2 saturated heterocycles. The van der Waals surface area contributed by atoms with Gasteiger partial charge in [-0.05, 0) is 56.0 Å². The van der Waals surface area contributed by atoms with E-state index in [1.54, 1.807) is 4.90 Å². The largest absolute Gasteiger partial charge is 0.367 e. The molecule has 1 aromatic rings. The van der Waals surface area contributed by atoms with Crippen LogP contribution >= 0.6 is 12.2 Å². The molecule has 3 fully saturated rings. The first-order valence-electron chi connectivity index (χ1n) is 8.66. The van der Waals surface area contributed by atoms with E-state index < -0.39 is 5.41 Å². The summed E-state index contributed by atoms with van der Waals surface area (Å²) < 4.78 is 0. The molecule has 1 saturated carbocycles. The summed E-state index contributed by atoms with van der Waals surface area (Å²) in [6.45, 7) is 0.901. The minimum atomic E-state index is -1.03. The molecule has 4 aliphatic rings. The molecule has 124 valence electrons. The SMILES string of the molecule is O=C1NC(=S)N(C2CC2)C(=O)[C@]12Cc1ccccc1N1CCC[C@@H]12. The number of carbonyl (C=O) groups is 2. The van der Waals surface area contributed by atoms with Gasteiger partial charge in [0.15, 0.2) is 10.5 Å². The molecule has 2 atom stereocenters. The normalized spacial score (nSPS) is 32.0. The minimum absolute atomic E-state index is 0.0655. The van der Waals surface area contributed by atoms with E-state index in [4.69, 9.17) is 12.2 Å². The summed E-state index contributed by atoms with van der Waals surface area (Å²) in [5, 5.41) is 3.15. The number of nitrogens with zero attached hydrogens (tertiary/aromatic N) is 2. The molecular formula is C18H19N3O2S. The van der Waals surface area contributed by atoms with E-state index in [1.165, 1.54) is 5.69 Å². The molecule has 3 aliphatic heterocycles. The van der Waals surface area contributed by atoms with E-state index in [2.05, 4.69) is 16.3 Å². The number of hydrogen-bond donors (Lipinski definition) is 1. The third-order valence-corrected chi connectivity index (χ3v) is 6.25. The summed E-state index contributed by atoms with van der Waals surface area (Å²) in [5.41, 5.74) is 1.23. The number of rotatable bonds is 1. The lowest BCUT2D eigenvalue weighted by Crippen LogP contribution is -2.71. The Morgan fingerprint density at radius 1 is 1.17 bits per heavy atom. The summed E-state index contributed by atoms with van der Waals surface area (Å²) in [5.74, 6) is -0.286. The number of para-hydroxylation sites is 1. The fourth-order valence-electron chi connectivity index (χ4n) is 4.71. The van der Waals surface area contributed by atoms with Crippen LogP contribution in [0, 0.1) is 5.41 Å². The molecule has 1 aliphatic carbocycles. The second-order valence-corrected chi connectivity index (χ2v) is 7.68. The predicted octanol–water partition coefficient (Wildman–Crippen LogP) is 1.60. The zero-order valence-electron chi connectivity index (χ0n) is 13.3. The zero-order valence-corrected chi connectivity index (χ0v) is 14.1. The highest BCUT2D eigenvalue weighted by Gasteiger charge is 2.63. The molecule has 5 nitrogen and oxygen atoms in total. The Balaban J connectivity index is 1.66. The van der Waals surface area contributed by atoms with E-state index in [-0.39, 0.29) is 23.9 Å². The Bertz CT molecular complexity index is 775. The second-order valence-electron chi connectivity index (χ2n) is 7.29. The first kappa shape index (κ1) is 14.4. The van der Waals surface area contributed by atoms with Gasteiger partial charge in [0.2, 0.25) is 11.8 Å². The van der Waals surface area contributed by atoms with Crippen LogP contribution in [-0.4, -0.2) is 40.5 Å². The molecule has 5 rings (SSSR count). The Morgan fingerprint density at radius 3 is 2.75 bits per heavy atom. The fraction of sp³-hybridized carbons (Fsp3) is 0.500. The average molecular weight is 341 g/mol. The lowest BCUT2D eigenvalue weighted by Gasteiger charge is -2.50. The van der Waals surface area contributed by atoms with Crippen LogP contribution in [-0.2, 0) is 16.0 Å². The first-order chi connectivity index (χ1) is 11.6. The van der Waals surface area contributed by atoms with E-state index in [0.29, 0.717) is 11.5 Å². The molecule has 0 unspecified atom stereocenters. The summed E-state index contributed by atoms with van der Waals surface area (Å²) >= 11 is 5.31. The Kier molecular flexibility index (Phi) is 2.87. The molecule has 3 heterocycles. The molecule has 2 amide bonds. The highest BCUT2D eigenvalue weighted by molar-refractivity contribution is 7.80. The van der Waals surface area contributed by atoms with Crippen molar-refractivity contribution in [3.8, 4) is 0 Å². The van der Waals surface area contributed by atoms with Crippen molar-refractivity contribution < 1.29 is 9.59 Å². The van der Waals surface area contributed by atoms with Crippen LogP contribution in [0.5, 0.6) is 0 Å². The van der Waals surface area contributed by atoms with Crippen LogP contribution in [0.15, 0.2) is 24.3 Å². The maximum Gasteiger partial charge on any atom is 0.247 e. The Hall–Kier alpha value is -1.95. The lowest BCUT2D eigenvalue weighted by atomic mass is 9.68. The maximum absolute atomic E-state index is 13.5. The summed E-state index contributed by atoms with van der Waals surface area (Å²) in [6.07, 6.45) is 4.31. The number of hydrogen-bond acceptors (Lipinski definition) is 4. The molecular weight excluding hydrogens is 322 g/mol. The van der Waals surface area contributed by atoms with Crippen LogP contribution in [0.3, 0.4) is 0 Å². The smallest absolute Gasteiger partial charge is 0.247 e. The standard InChI is InChI=1S/C18H19N3O2S/c22-15-18(16(23)21(12-7-8-12)17(24)19-15)10-11-4-1-2-5-13(11)20-9-3-6-14(18)20/h1-2,4-5,12,14H,3,6-10H2,(H,19,22,24)/t14-,18+/m1/s1. The lowest BCUT2D eigenvalue weighted by molar-refractivity contribution is -0.152. The Labute approximate surface area is 146 Å². The van der Waals surface area contributed by atoms with Crippen LogP contribution in [0.2, 0.25) is 0 Å².